The van der Waals surface area contributed by atoms with Crippen LogP contribution in [0.4, 0.5) is 0 Å². The summed E-state index contributed by atoms with van der Waals surface area (Å²) in [5.74, 6) is 0. The lowest BCUT2D eigenvalue weighted by atomic mass is 10.1. The maximum atomic E-state index is 5.48. The Labute approximate surface area is 221 Å². The Morgan fingerprint density at radius 2 is 0.771 bits per heavy atom. The van der Waals surface area contributed by atoms with Crippen LogP contribution in [-0.4, -0.2) is 78.5 Å². The summed E-state index contributed by atoms with van der Waals surface area (Å²) in [7, 11) is 0. The molecule has 10 N–H and O–H groups in total. The van der Waals surface area contributed by atoms with Crippen LogP contribution >= 0.6 is 12.4 Å². The van der Waals surface area contributed by atoms with Crippen LogP contribution in [0.1, 0.15) is 49.7 Å². The Morgan fingerprint density at radius 1 is 0.457 bits per heavy atom. The zero-order valence-corrected chi connectivity index (χ0v) is 22.8. The second-order valence-corrected chi connectivity index (χ2v) is 8.87. The van der Waals surface area contributed by atoms with E-state index in [1.807, 2.05) is 0 Å². The maximum Gasteiger partial charge on any atom is 0.0205 e. The molecule has 1 aromatic carbocycles. The van der Waals surface area contributed by atoms with E-state index in [2.05, 4.69) is 56.2 Å². The molecule has 0 heterocycles. The SMILES string of the molecule is Cl.NCCCNCCCNCCCNCc1cccc(CNCCCNCCCNCCCN)c1. The van der Waals surface area contributed by atoms with E-state index < -0.39 is 0 Å². The van der Waals surface area contributed by atoms with Crippen LogP contribution in [0.15, 0.2) is 24.3 Å². The van der Waals surface area contributed by atoms with Gasteiger partial charge in [0.1, 0.15) is 0 Å². The lowest BCUT2D eigenvalue weighted by Gasteiger charge is -2.10. The largest absolute Gasteiger partial charge is 0.330 e. The first kappa shape index (κ1) is 34.2. The highest BCUT2D eigenvalue weighted by Gasteiger charge is 1.98. The van der Waals surface area contributed by atoms with Crippen LogP contribution in [0.5, 0.6) is 0 Å². The molecule has 0 aliphatic heterocycles. The molecule has 1 aromatic rings. The van der Waals surface area contributed by atoms with Gasteiger partial charge in [-0.05, 0) is 128 Å². The normalized spacial score (nSPS) is 11.0. The molecule has 0 atom stereocenters. The molecular weight excluding hydrogens is 460 g/mol. The van der Waals surface area contributed by atoms with Gasteiger partial charge in [0, 0.05) is 13.1 Å². The van der Waals surface area contributed by atoms with Crippen molar-refractivity contribution in [2.45, 2.75) is 51.6 Å². The molecule has 0 aliphatic carbocycles. The number of hydrogen-bond acceptors (Lipinski definition) is 8. The smallest absolute Gasteiger partial charge is 0.0205 e. The lowest BCUT2D eigenvalue weighted by molar-refractivity contribution is 0.560. The molecule has 0 radical (unpaired) electrons. The average Bonchev–Trinajstić information content (AvgIpc) is 2.85. The number of hydrogen-bond donors (Lipinski definition) is 8. The fraction of sp³-hybridized carbons (Fsp3) is 0.769. The summed E-state index contributed by atoms with van der Waals surface area (Å²) in [6.07, 6.45) is 6.77. The molecule has 0 fully saturated rings. The van der Waals surface area contributed by atoms with Crippen molar-refractivity contribution < 1.29 is 0 Å². The lowest BCUT2D eigenvalue weighted by Crippen LogP contribution is -2.26. The molecule has 0 unspecified atom stereocenters. The number of nitrogens with one attached hydrogen (secondary N) is 6. The van der Waals surface area contributed by atoms with Gasteiger partial charge >= 0.3 is 0 Å². The Hall–Kier alpha value is -0.810. The van der Waals surface area contributed by atoms with E-state index in [4.69, 9.17) is 11.5 Å². The molecule has 0 saturated heterocycles. The molecule has 0 amide bonds. The Kier molecular flexibility index (Phi) is 27.1. The molecule has 0 saturated carbocycles. The van der Waals surface area contributed by atoms with Gasteiger partial charge < -0.3 is 43.4 Å². The predicted molar refractivity (Wildman–Crippen MR) is 154 cm³/mol. The monoisotopic (exact) mass is 514 g/mol. The van der Waals surface area contributed by atoms with Gasteiger partial charge in [-0.15, -0.1) is 12.4 Å². The van der Waals surface area contributed by atoms with Gasteiger partial charge in [0.15, 0.2) is 0 Å². The minimum absolute atomic E-state index is 0. The van der Waals surface area contributed by atoms with Crippen molar-refractivity contribution in [3.05, 3.63) is 35.4 Å². The second kappa shape index (κ2) is 27.8. The van der Waals surface area contributed by atoms with Gasteiger partial charge in [-0.1, -0.05) is 24.3 Å². The summed E-state index contributed by atoms with van der Waals surface area (Å²) in [4.78, 5) is 0. The van der Waals surface area contributed by atoms with Gasteiger partial charge in [0.2, 0.25) is 0 Å². The summed E-state index contributed by atoms with van der Waals surface area (Å²) in [5, 5.41) is 21.0. The first-order chi connectivity index (χ1) is 16.9. The zero-order chi connectivity index (χ0) is 24.4. The number of nitrogens with two attached hydrogens (primary N) is 2. The van der Waals surface area contributed by atoms with Crippen molar-refractivity contribution in [3.63, 3.8) is 0 Å². The maximum absolute atomic E-state index is 5.48. The summed E-state index contributed by atoms with van der Waals surface area (Å²) in [6, 6.07) is 8.90. The fourth-order valence-electron chi connectivity index (χ4n) is 3.62. The molecule has 8 nitrogen and oxygen atoms in total. The summed E-state index contributed by atoms with van der Waals surface area (Å²) >= 11 is 0. The minimum Gasteiger partial charge on any atom is -0.330 e. The van der Waals surface area contributed by atoms with Gasteiger partial charge in [-0.25, -0.2) is 0 Å². The van der Waals surface area contributed by atoms with Gasteiger partial charge in [-0.2, -0.15) is 0 Å². The van der Waals surface area contributed by atoms with Gasteiger partial charge in [0.05, 0.1) is 0 Å². The number of benzene rings is 1. The van der Waals surface area contributed by atoms with Crippen LogP contribution in [0.25, 0.3) is 0 Å². The fourth-order valence-corrected chi connectivity index (χ4v) is 3.62. The number of halogens is 1. The molecule has 0 aromatic heterocycles. The van der Waals surface area contributed by atoms with Crippen LogP contribution in [0.2, 0.25) is 0 Å². The Morgan fingerprint density at radius 3 is 1.11 bits per heavy atom. The summed E-state index contributed by atoms with van der Waals surface area (Å²) in [6.45, 7) is 14.0. The van der Waals surface area contributed by atoms with Crippen LogP contribution in [0, 0.1) is 0 Å². The molecule has 0 spiro atoms. The van der Waals surface area contributed by atoms with Crippen molar-refractivity contribution in [3.8, 4) is 0 Å². The average molecular weight is 515 g/mol. The first-order valence-corrected chi connectivity index (χ1v) is 13.6. The van der Waals surface area contributed by atoms with E-state index in [1.165, 1.54) is 24.0 Å². The van der Waals surface area contributed by atoms with Crippen LogP contribution in [0.3, 0.4) is 0 Å². The van der Waals surface area contributed by atoms with Crippen molar-refractivity contribution in [1.29, 1.82) is 0 Å². The molecule has 1 rings (SSSR count). The molecule has 0 aliphatic rings. The van der Waals surface area contributed by atoms with Crippen LogP contribution in [-0.2, 0) is 13.1 Å². The van der Waals surface area contributed by atoms with E-state index in [-0.39, 0.29) is 12.4 Å². The molecular formula is C26H55ClN8. The quantitative estimate of drug-likeness (QED) is 0.0858. The Balaban J connectivity index is 0.0000116. The Bertz CT molecular complexity index is 507. The third-order valence-electron chi connectivity index (χ3n) is 5.59. The second-order valence-electron chi connectivity index (χ2n) is 8.87. The van der Waals surface area contributed by atoms with E-state index in [0.717, 1.165) is 117 Å². The van der Waals surface area contributed by atoms with Gasteiger partial charge in [-0.3, -0.25) is 0 Å². The van der Waals surface area contributed by atoms with Crippen molar-refractivity contribution in [2.75, 3.05) is 78.5 Å². The molecule has 0 bridgehead atoms. The summed E-state index contributed by atoms with van der Waals surface area (Å²) < 4.78 is 0. The highest BCUT2D eigenvalue weighted by Crippen LogP contribution is 2.05. The minimum atomic E-state index is 0. The summed E-state index contributed by atoms with van der Waals surface area (Å²) in [5.41, 5.74) is 13.7. The third-order valence-corrected chi connectivity index (χ3v) is 5.59. The van der Waals surface area contributed by atoms with E-state index in [9.17, 15) is 0 Å². The van der Waals surface area contributed by atoms with E-state index >= 15 is 0 Å². The van der Waals surface area contributed by atoms with Crippen molar-refractivity contribution in [1.82, 2.24) is 31.9 Å². The standard InChI is InChI=1S/C26H54N8.ClH/c27-10-2-12-29-14-4-16-31-18-6-20-33-23-25-8-1-9-26(22-25)24-34-21-7-19-32-17-5-15-30-13-3-11-28;/h1,8-9,22,29-34H,2-7,10-21,23-24,27-28H2;1H. The molecule has 9 heteroatoms. The number of rotatable bonds is 26. The van der Waals surface area contributed by atoms with Crippen molar-refractivity contribution in [2.24, 2.45) is 11.5 Å². The highest BCUT2D eigenvalue weighted by atomic mass is 35.5. The predicted octanol–water partition coefficient (Wildman–Crippen LogP) is 0.904. The van der Waals surface area contributed by atoms with E-state index in [1.54, 1.807) is 0 Å². The van der Waals surface area contributed by atoms with Crippen molar-refractivity contribution >= 4 is 12.4 Å². The first-order valence-electron chi connectivity index (χ1n) is 13.6. The topological polar surface area (TPSA) is 124 Å². The highest BCUT2D eigenvalue weighted by molar-refractivity contribution is 5.85. The van der Waals surface area contributed by atoms with Gasteiger partial charge in [0.25, 0.3) is 0 Å². The zero-order valence-electron chi connectivity index (χ0n) is 22.0. The van der Waals surface area contributed by atoms with Crippen LogP contribution < -0.4 is 43.4 Å². The molecule has 35 heavy (non-hydrogen) atoms. The third kappa shape index (κ3) is 23.3. The molecule has 206 valence electrons. The van der Waals surface area contributed by atoms with E-state index in [0.29, 0.717) is 0 Å².